The topological polar surface area (TPSA) is 67.6 Å². The number of hydrogen-bond acceptors (Lipinski definition) is 3. The first-order valence-corrected chi connectivity index (χ1v) is 4.05. The molecule has 6 heteroatoms. The van der Waals surface area contributed by atoms with Gasteiger partial charge in [-0.1, -0.05) is 18.2 Å². The number of nitrogens with two attached hydrogens (primary N) is 1. The molecule has 0 aliphatic rings. The van der Waals surface area contributed by atoms with E-state index in [1.807, 2.05) is 24.3 Å². The van der Waals surface area contributed by atoms with Crippen molar-refractivity contribution in [1.82, 2.24) is 15.2 Å². The zero-order valence-electron chi connectivity index (χ0n) is 7.88. The van der Waals surface area contributed by atoms with E-state index in [1.165, 1.54) is 6.33 Å². The molecule has 1 aromatic heterocycles. The van der Waals surface area contributed by atoms with E-state index in [0.29, 0.717) is 6.54 Å². The minimum absolute atomic E-state index is 0. The molecule has 0 spiro atoms. The van der Waals surface area contributed by atoms with Crippen LogP contribution in [0.25, 0.3) is 11.4 Å². The van der Waals surface area contributed by atoms with Crippen molar-refractivity contribution in [2.75, 3.05) is 0 Å². The van der Waals surface area contributed by atoms with Crippen molar-refractivity contribution < 1.29 is 0 Å². The van der Waals surface area contributed by atoms with Crippen LogP contribution < -0.4 is 5.73 Å². The summed E-state index contributed by atoms with van der Waals surface area (Å²) in [5.74, 6) is 0.773. The third-order valence-corrected chi connectivity index (χ3v) is 1.85. The van der Waals surface area contributed by atoms with Gasteiger partial charge in [0.25, 0.3) is 0 Å². The minimum atomic E-state index is 0. The molecule has 0 saturated heterocycles. The van der Waals surface area contributed by atoms with Gasteiger partial charge in [-0.2, -0.15) is 5.10 Å². The van der Waals surface area contributed by atoms with Crippen LogP contribution >= 0.6 is 24.8 Å². The van der Waals surface area contributed by atoms with E-state index in [2.05, 4.69) is 15.2 Å². The van der Waals surface area contributed by atoms with Crippen LogP contribution in [0.3, 0.4) is 0 Å². The van der Waals surface area contributed by atoms with Crippen LogP contribution in [0.4, 0.5) is 0 Å². The highest BCUT2D eigenvalue weighted by Gasteiger charge is 1.99. The largest absolute Gasteiger partial charge is 0.326 e. The molecule has 1 aromatic carbocycles. The van der Waals surface area contributed by atoms with Gasteiger partial charge in [0.1, 0.15) is 6.33 Å². The van der Waals surface area contributed by atoms with Crippen molar-refractivity contribution in [2.24, 2.45) is 5.73 Å². The first-order chi connectivity index (χ1) is 6.40. The molecule has 15 heavy (non-hydrogen) atoms. The summed E-state index contributed by atoms with van der Waals surface area (Å²) >= 11 is 0. The van der Waals surface area contributed by atoms with Gasteiger partial charge in [0.15, 0.2) is 5.82 Å². The highest BCUT2D eigenvalue weighted by molar-refractivity contribution is 5.85. The van der Waals surface area contributed by atoms with Crippen molar-refractivity contribution in [3.63, 3.8) is 0 Å². The van der Waals surface area contributed by atoms with Crippen molar-refractivity contribution in [1.29, 1.82) is 0 Å². The number of rotatable bonds is 2. The molecule has 0 amide bonds. The lowest BCUT2D eigenvalue weighted by Gasteiger charge is -1.99. The molecular formula is C9H12Cl2N4. The number of nitrogens with one attached hydrogen (secondary N) is 1. The van der Waals surface area contributed by atoms with E-state index in [1.54, 1.807) is 0 Å². The zero-order chi connectivity index (χ0) is 9.10. The second kappa shape index (κ2) is 6.40. The lowest BCUT2D eigenvalue weighted by molar-refractivity contribution is 1.07. The molecule has 0 saturated carbocycles. The summed E-state index contributed by atoms with van der Waals surface area (Å²) in [5, 5.41) is 6.59. The molecule has 82 valence electrons. The van der Waals surface area contributed by atoms with Crippen LogP contribution in [0.5, 0.6) is 0 Å². The summed E-state index contributed by atoms with van der Waals surface area (Å²) in [6.07, 6.45) is 1.49. The molecule has 0 unspecified atom stereocenters. The highest BCUT2D eigenvalue weighted by atomic mass is 35.5. The van der Waals surface area contributed by atoms with E-state index in [-0.39, 0.29) is 24.8 Å². The lowest BCUT2D eigenvalue weighted by atomic mass is 10.1. The molecule has 0 radical (unpaired) electrons. The van der Waals surface area contributed by atoms with Gasteiger partial charge in [0, 0.05) is 12.1 Å². The van der Waals surface area contributed by atoms with E-state index in [9.17, 15) is 0 Å². The maximum Gasteiger partial charge on any atom is 0.155 e. The molecule has 4 nitrogen and oxygen atoms in total. The molecule has 3 N–H and O–H groups in total. The second-order valence-corrected chi connectivity index (χ2v) is 2.74. The number of aromatic amines is 1. The van der Waals surface area contributed by atoms with Gasteiger partial charge in [-0.05, 0) is 11.6 Å². The molecule has 0 aliphatic heterocycles. The van der Waals surface area contributed by atoms with Crippen molar-refractivity contribution in [2.45, 2.75) is 6.54 Å². The SMILES string of the molecule is Cl.Cl.NCc1cccc(-c2ncn[nH]2)c1. The summed E-state index contributed by atoms with van der Waals surface area (Å²) in [7, 11) is 0. The maximum atomic E-state index is 5.53. The molecular weight excluding hydrogens is 235 g/mol. The van der Waals surface area contributed by atoms with Crippen LogP contribution in [0.1, 0.15) is 5.56 Å². The van der Waals surface area contributed by atoms with Gasteiger partial charge < -0.3 is 5.73 Å². The standard InChI is InChI=1S/C9H10N4.2ClH/c10-5-7-2-1-3-8(4-7)9-11-6-12-13-9;;/h1-4,6H,5,10H2,(H,11,12,13);2*1H. The number of halogens is 2. The molecule has 1 heterocycles. The minimum Gasteiger partial charge on any atom is -0.326 e. The predicted octanol–water partition coefficient (Wildman–Crippen LogP) is 1.77. The molecule has 0 aliphatic carbocycles. The Morgan fingerprint density at radius 3 is 2.67 bits per heavy atom. The lowest BCUT2D eigenvalue weighted by Crippen LogP contribution is -1.95. The van der Waals surface area contributed by atoms with Crippen molar-refractivity contribution in [3.8, 4) is 11.4 Å². The number of aromatic nitrogens is 3. The fourth-order valence-corrected chi connectivity index (χ4v) is 1.19. The van der Waals surface area contributed by atoms with Crippen molar-refractivity contribution in [3.05, 3.63) is 36.2 Å². The van der Waals surface area contributed by atoms with Gasteiger partial charge in [-0.15, -0.1) is 24.8 Å². The van der Waals surface area contributed by atoms with Crippen LogP contribution in [-0.4, -0.2) is 15.2 Å². The van der Waals surface area contributed by atoms with Gasteiger partial charge in [-0.25, -0.2) is 4.98 Å². The van der Waals surface area contributed by atoms with E-state index < -0.39 is 0 Å². The fraction of sp³-hybridized carbons (Fsp3) is 0.111. The average molecular weight is 247 g/mol. The molecule has 2 aromatic rings. The summed E-state index contributed by atoms with van der Waals surface area (Å²) in [5.41, 5.74) is 7.63. The Labute approximate surface area is 100 Å². The van der Waals surface area contributed by atoms with Gasteiger partial charge >= 0.3 is 0 Å². The Hall–Kier alpha value is -1.10. The maximum absolute atomic E-state index is 5.53. The summed E-state index contributed by atoms with van der Waals surface area (Å²) in [4.78, 5) is 4.05. The number of benzene rings is 1. The zero-order valence-corrected chi connectivity index (χ0v) is 9.52. The first-order valence-electron chi connectivity index (χ1n) is 4.05. The Balaban J connectivity index is 0.000000980. The second-order valence-electron chi connectivity index (χ2n) is 2.74. The van der Waals surface area contributed by atoms with Crippen LogP contribution in [0.2, 0.25) is 0 Å². The average Bonchev–Trinajstić information content (AvgIpc) is 2.71. The van der Waals surface area contributed by atoms with Crippen LogP contribution in [-0.2, 0) is 6.54 Å². The van der Waals surface area contributed by atoms with Crippen molar-refractivity contribution >= 4 is 24.8 Å². The smallest absolute Gasteiger partial charge is 0.155 e. The molecule has 0 atom stereocenters. The molecule has 0 bridgehead atoms. The first kappa shape index (κ1) is 13.9. The fourth-order valence-electron chi connectivity index (χ4n) is 1.19. The van der Waals surface area contributed by atoms with Gasteiger partial charge in [-0.3, -0.25) is 5.10 Å². The Morgan fingerprint density at radius 1 is 1.27 bits per heavy atom. The number of H-pyrrole nitrogens is 1. The van der Waals surface area contributed by atoms with E-state index in [0.717, 1.165) is 17.0 Å². The third kappa shape index (κ3) is 3.20. The van der Waals surface area contributed by atoms with E-state index >= 15 is 0 Å². The van der Waals surface area contributed by atoms with Crippen LogP contribution in [0.15, 0.2) is 30.6 Å². The van der Waals surface area contributed by atoms with Gasteiger partial charge in [0.05, 0.1) is 0 Å². The third-order valence-electron chi connectivity index (χ3n) is 1.85. The summed E-state index contributed by atoms with van der Waals surface area (Å²) in [6.45, 7) is 0.544. The number of hydrogen-bond donors (Lipinski definition) is 2. The number of nitrogens with zero attached hydrogens (tertiary/aromatic N) is 2. The monoisotopic (exact) mass is 246 g/mol. The quantitative estimate of drug-likeness (QED) is 0.849. The summed E-state index contributed by atoms with van der Waals surface area (Å²) < 4.78 is 0. The normalized spacial score (nSPS) is 8.87. The highest BCUT2D eigenvalue weighted by Crippen LogP contribution is 2.14. The van der Waals surface area contributed by atoms with E-state index in [4.69, 9.17) is 5.73 Å². The molecule has 2 rings (SSSR count). The Kier molecular flexibility index (Phi) is 5.93. The summed E-state index contributed by atoms with van der Waals surface area (Å²) in [6, 6.07) is 7.92. The Bertz CT molecular complexity index is 389. The van der Waals surface area contributed by atoms with Gasteiger partial charge in [0.2, 0.25) is 0 Å². The molecule has 0 fully saturated rings. The predicted molar refractivity (Wildman–Crippen MR) is 64.2 cm³/mol. The Morgan fingerprint density at radius 2 is 2.07 bits per heavy atom. The van der Waals surface area contributed by atoms with Crippen LogP contribution in [0, 0.1) is 0 Å².